The minimum Gasteiger partial charge on any atom is -0.228 e. The highest BCUT2D eigenvalue weighted by Crippen LogP contribution is 2.40. The first-order valence-electron chi connectivity index (χ1n) is 19.8. The van der Waals surface area contributed by atoms with E-state index in [1.807, 2.05) is 18.2 Å². The summed E-state index contributed by atoms with van der Waals surface area (Å²) >= 11 is 0. The molecule has 0 bridgehead atoms. The van der Waals surface area contributed by atoms with E-state index in [0.29, 0.717) is 5.82 Å². The maximum absolute atomic E-state index is 5.09. The van der Waals surface area contributed by atoms with Crippen LogP contribution in [0.3, 0.4) is 0 Å². The lowest BCUT2D eigenvalue weighted by molar-refractivity contribution is 1.18. The van der Waals surface area contributed by atoms with Crippen molar-refractivity contribution < 1.29 is 0 Å². The Hall–Kier alpha value is -7.68. The van der Waals surface area contributed by atoms with E-state index < -0.39 is 0 Å². The molecular weight excluding hydrogens is 701 g/mol. The predicted molar refractivity (Wildman–Crippen MR) is 245 cm³/mol. The van der Waals surface area contributed by atoms with Crippen LogP contribution in [0.2, 0.25) is 0 Å². The number of aromatic nitrogens is 2. The Morgan fingerprint density at radius 3 is 1.41 bits per heavy atom. The molecule has 0 aliphatic rings. The van der Waals surface area contributed by atoms with Crippen LogP contribution < -0.4 is 0 Å². The second kappa shape index (κ2) is 14.1. The van der Waals surface area contributed by atoms with Gasteiger partial charge in [-0.15, -0.1) is 0 Å². The molecule has 11 rings (SSSR count). The van der Waals surface area contributed by atoms with Crippen LogP contribution >= 0.6 is 0 Å². The zero-order valence-corrected chi connectivity index (χ0v) is 31.7. The van der Waals surface area contributed by atoms with Gasteiger partial charge in [-0.3, -0.25) is 0 Å². The lowest BCUT2D eigenvalue weighted by atomic mass is 9.89. The third-order valence-corrected chi connectivity index (χ3v) is 11.5. The van der Waals surface area contributed by atoms with Gasteiger partial charge in [-0.1, -0.05) is 206 Å². The second-order valence-corrected chi connectivity index (χ2v) is 14.9. The number of hydrogen-bond donors (Lipinski definition) is 0. The fraction of sp³-hybridized carbons (Fsp3) is 0. The van der Waals surface area contributed by atoms with E-state index in [0.717, 1.165) is 33.6 Å². The molecular formula is C56H36N2. The van der Waals surface area contributed by atoms with Crippen molar-refractivity contribution in [3.05, 3.63) is 218 Å². The number of benzene rings is 10. The van der Waals surface area contributed by atoms with E-state index in [2.05, 4.69) is 200 Å². The third-order valence-electron chi connectivity index (χ3n) is 11.5. The molecule has 0 radical (unpaired) electrons. The highest BCUT2D eigenvalue weighted by Gasteiger charge is 2.15. The van der Waals surface area contributed by atoms with Gasteiger partial charge in [0.2, 0.25) is 0 Å². The molecule has 2 nitrogen and oxygen atoms in total. The molecule has 0 amide bonds. The van der Waals surface area contributed by atoms with Gasteiger partial charge < -0.3 is 0 Å². The smallest absolute Gasteiger partial charge is 0.160 e. The van der Waals surface area contributed by atoms with Gasteiger partial charge in [0.1, 0.15) is 0 Å². The Morgan fingerprint density at radius 1 is 0.241 bits per heavy atom. The Kier molecular flexibility index (Phi) is 8.19. The maximum atomic E-state index is 5.09. The van der Waals surface area contributed by atoms with E-state index >= 15 is 0 Å². The van der Waals surface area contributed by atoms with Crippen LogP contribution in [0.25, 0.3) is 110 Å². The molecule has 0 unspecified atom stereocenters. The van der Waals surface area contributed by atoms with E-state index in [1.54, 1.807) is 0 Å². The summed E-state index contributed by atoms with van der Waals surface area (Å²) in [6, 6.07) is 78.2. The molecule has 2 heteroatoms. The zero-order chi connectivity index (χ0) is 38.4. The number of fused-ring (bicyclic) bond motifs is 5. The van der Waals surface area contributed by atoms with Crippen molar-refractivity contribution in [2.45, 2.75) is 0 Å². The van der Waals surface area contributed by atoms with E-state index in [1.165, 1.54) is 70.9 Å². The fourth-order valence-corrected chi connectivity index (χ4v) is 8.55. The maximum Gasteiger partial charge on any atom is 0.160 e. The molecule has 58 heavy (non-hydrogen) atoms. The lowest BCUT2D eigenvalue weighted by Crippen LogP contribution is -1.96. The molecule has 11 aromatic rings. The minimum absolute atomic E-state index is 0.716. The first-order valence-corrected chi connectivity index (χ1v) is 19.8. The van der Waals surface area contributed by atoms with Crippen LogP contribution in [-0.4, -0.2) is 9.97 Å². The summed E-state index contributed by atoms with van der Waals surface area (Å²) in [6.07, 6.45) is 0. The van der Waals surface area contributed by atoms with Gasteiger partial charge >= 0.3 is 0 Å². The van der Waals surface area contributed by atoms with Gasteiger partial charge in [0.15, 0.2) is 5.82 Å². The summed E-state index contributed by atoms with van der Waals surface area (Å²) in [6.45, 7) is 0. The van der Waals surface area contributed by atoms with E-state index in [4.69, 9.17) is 9.97 Å². The predicted octanol–water partition coefficient (Wildman–Crippen LogP) is 15.1. The first-order chi connectivity index (χ1) is 28.7. The molecule has 1 aromatic heterocycles. The molecule has 1 heterocycles. The number of rotatable bonds is 6. The van der Waals surface area contributed by atoms with Crippen LogP contribution in [-0.2, 0) is 0 Å². The summed E-state index contributed by atoms with van der Waals surface area (Å²) in [5, 5.41) is 10.0. The van der Waals surface area contributed by atoms with Crippen molar-refractivity contribution in [3.63, 3.8) is 0 Å². The number of hydrogen-bond acceptors (Lipinski definition) is 2. The fourth-order valence-electron chi connectivity index (χ4n) is 8.55. The van der Waals surface area contributed by atoms with Gasteiger partial charge in [-0.05, 0) is 88.6 Å². The zero-order valence-electron chi connectivity index (χ0n) is 31.7. The quantitative estimate of drug-likeness (QED) is 0.125. The SMILES string of the molecule is c1ccc(-c2nc(-c3ccc(-c4ccc(-c5ccc(-c6c7ccccc7cc7c6ccc6ccccc67)cc5)cc4)cc3)cc(-c3cccc4ccccc34)n2)cc1. The van der Waals surface area contributed by atoms with E-state index in [9.17, 15) is 0 Å². The lowest BCUT2D eigenvalue weighted by Gasteiger charge is -2.14. The standard InChI is InChI=1S/C56H36N2/c1-2-13-45(14-3-1)56-57-53(36-54(58-56)50-20-10-16-41-11-4-7-17-47(41)50)43-29-25-39(26-30-43)37-21-23-38(24-22-37)40-27-31-44(32-28-40)55-49-19-9-6-15-46(49)35-52-48-18-8-5-12-42(48)33-34-51(52)55/h1-36H. The monoisotopic (exact) mass is 736 g/mol. The van der Waals surface area contributed by atoms with Gasteiger partial charge in [0.05, 0.1) is 11.4 Å². The molecule has 10 aromatic carbocycles. The van der Waals surface area contributed by atoms with Gasteiger partial charge in [-0.25, -0.2) is 9.97 Å². The summed E-state index contributed by atoms with van der Waals surface area (Å²) in [4.78, 5) is 10.2. The summed E-state index contributed by atoms with van der Waals surface area (Å²) in [5.41, 5.74) is 12.2. The van der Waals surface area contributed by atoms with Crippen LogP contribution in [0.4, 0.5) is 0 Å². The van der Waals surface area contributed by atoms with Gasteiger partial charge in [-0.2, -0.15) is 0 Å². The topological polar surface area (TPSA) is 25.8 Å². The molecule has 0 saturated heterocycles. The molecule has 0 saturated carbocycles. The Labute approximate surface area is 337 Å². The van der Waals surface area contributed by atoms with Crippen molar-refractivity contribution >= 4 is 43.1 Å². The highest BCUT2D eigenvalue weighted by atomic mass is 14.9. The first kappa shape index (κ1) is 33.6. The highest BCUT2D eigenvalue weighted by molar-refractivity contribution is 6.20. The summed E-state index contributed by atoms with van der Waals surface area (Å²) in [7, 11) is 0. The molecule has 0 N–H and O–H groups in total. The average Bonchev–Trinajstić information content (AvgIpc) is 3.31. The van der Waals surface area contributed by atoms with Crippen LogP contribution in [0, 0.1) is 0 Å². The molecule has 0 spiro atoms. The Bertz CT molecular complexity index is 3290. The van der Waals surface area contributed by atoms with E-state index in [-0.39, 0.29) is 0 Å². The third kappa shape index (κ3) is 6.00. The summed E-state index contributed by atoms with van der Waals surface area (Å²) in [5.74, 6) is 0.716. The van der Waals surface area contributed by atoms with Gasteiger partial charge in [0, 0.05) is 16.7 Å². The molecule has 0 fully saturated rings. The van der Waals surface area contributed by atoms with Crippen molar-refractivity contribution in [1.82, 2.24) is 9.97 Å². The Morgan fingerprint density at radius 2 is 0.741 bits per heavy atom. The van der Waals surface area contributed by atoms with Crippen LogP contribution in [0.15, 0.2) is 218 Å². The summed E-state index contributed by atoms with van der Waals surface area (Å²) < 4.78 is 0. The normalized spacial score (nSPS) is 11.4. The average molecular weight is 737 g/mol. The molecule has 0 aliphatic heterocycles. The van der Waals surface area contributed by atoms with Crippen LogP contribution in [0.5, 0.6) is 0 Å². The van der Waals surface area contributed by atoms with Crippen molar-refractivity contribution in [3.8, 4) is 67.3 Å². The number of nitrogens with zero attached hydrogens (tertiary/aromatic N) is 2. The Balaban J connectivity index is 0.901. The van der Waals surface area contributed by atoms with Crippen LogP contribution in [0.1, 0.15) is 0 Å². The molecule has 0 aliphatic carbocycles. The van der Waals surface area contributed by atoms with Crippen molar-refractivity contribution in [1.29, 1.82) is 0 Å². The molecule has 270 valence electrons. The van der Waals surface area contributed by atoms with Crippen molar-refractivity contribution in [2.75, 3.05) is 0 Å². The van der Waals surface area contributed by atoms with Gasteiger partial charge in [0.25, 0.3) is 0 Å². The largest absolute Gasteiger partial charge is 0.228 e. The second-order valence-electron chi connectivity index (χ2n) is 14.9. The van der Waals surface area contributed by atoms with Crippen molar-refractivity contribution in [2.24, 2.45) is 0 Å². The minimum atomic E-state index is 0.716. The molecule has 0 atom stereocenters.